The molecule has 100 valence electrons. The van der Waals surface area contributed by atoms with Gasteiger partial charge in [0.15, 0.2) is 0 Å². The molecule has 0 amide bonds. The maximum Gasteiger partial charge on any atom is 0.0992 e. The van der Waals surface area contributed by atoms with E-state index >= 15 is 0 Å². The van der Waals surface area contributed by atoms with Gasteiger partial charge in [0.05, 0.1) is 8.67 Å². The van der Waals surface area contributed by atoms with Gasteiger partial charge in [-0.05, 0) is 43.0 Å². The van der Waals surface area contributed by atoms with E-state index in [0.717, 1.165) is 27.1 Å². The van der Waals surface area contributed by atoms with Gasteiger partial charge in [0.1, 0.15) is 0 Å². The van der Waals surface area contributed by atoms with Crippen molar-refractivity contribution in [1.29, 1.82) is 0 Å². The molecule has 0 spiro atoms. The number of hydrogen-bond acceptors (Lipinski definition) is 2. The molecule has 1 aliphatic rings. The highest BCUT2D eigenvalue weighted by Gasteiger charge is 2.30. The highest BCUT2D eigenvalue weighted by Crippen LogP contribution is 2.41. The van der Waals surface area contributed by atoms with Crippen LogP contribution in [0.5, 0.6) is 0 Å². The van der Waals surface area contributed by atoms with Gasteiger partial charge in [-0.3, -0.25) is 0 Å². The number of hydrogen-bond donors (Lipinski definition) is 1. The van der Waals surface area contributed by atoms with Crippen molar-refractivity contribution in [3.05, 3.63) is 55.7 Å². The van der Waals surface area contributed by atoms with E-state index in [0.29, 0.717) is 5.92 Å². The fourth-order valence-electron chi connectivity index (χ4n) is 3.04. The smallest absolute Gasteiger partial charge is 0.0992 e. The molecule has 19 heavy (non-hydrogen) atoms. The molecule has 1 unspecified atom stereocenters. The maximum atomic E-state index is 6.30. The first-order valence-corrected chi connectivity index (χ1v) is 7.95. The summed E-state index contributed by atoms with van der Waals surface area (Å²) in [6, 6.07) is 10.9. The summed E-state index contributed by atoms with van der Waals surface area (Å²) in [6.45, 7) is 0. The number of fused-ring (bicyclic) bond motifs is 1. The van der Waals surface area contributed by atoms with E-state index in [4.69, 9.17) is 23.2 Å². The maximum absolute atomic E-state index is 6.30. The first-order chi connectivity index (χ1) is 9.19. The summed E-state index contributed by atoms with van der Waals surface area (Å²) >= 11 is 13.8. The predicted molar refractivity (Wildman–Crippen MR) is 83.5 cm³/mol. The molecule has 3 rings (SSSR count). The van der Waals surface area contributed by atoms with Crippen LogP contribution in [0.3, 0.4) is 0 Å². The van der Waals surface area contributed by atoms with Crippen molar-refractivity contribution < 1.29 is 0 Å². The second-order valence-electron chi connectivity index (χ2n) is 4.98. The molecule has 1 nitrogen and oxygen atoms in total. The van der Waals surface area contributed by atoms with Gasteiger partial charge in [0.2, 0.25) is 0 Å². The van der Waals surface area contributed by atoms with Crippen molar-refractivity contribution in [2.45, 2.75) is 18.9 Å². The Balaban J connectivity index is 1.88. The first-order valence-electron chi connectivity index (χ1n) is 6.38. The Bertz CT molecular complexity index is 569. The second kappa shape index (κ2) is 5.45. The molecule has 1 aromatic heterocycles. The minimum absolute atomic E-state index is 0.267. The van der Waals surface area contributed by atoms with Crippen LogP contribution in [-0.2, 0) is 12.8 Å². The average Bonchev–Trinajstić information content (AvgIpc) is 2.94. The molecule has 0 fully saturated rings. The number of benzene rings is 1. The Labute approximate surface area is 127 Å². The Morgan fingerprint density at radius 1 is 1.21 bits per heavy atom. The lowest BCUT2D eigenvalue weighted by molar-refractivity contribution is 0.398. The van der Waals surface area contributed by atoms with E-state index in [-0.39, 0.29) is 6.04 Å². The highest BCUT2D eigenvalue weighted by molar-refractivity contribution is 7.20. The van der Waals surface area contributed by atoms with Gasteiger partial charge in [-0.2, -0.15) is 0 Å². The largest absolute Gasteiger partial charge is 0.313 e. The molecular weight excluding hydrogens is 297 g/mol. The van der Waals surface area contributed by atoms with E-state index in [1.54, 1.807) is 0 Å². The van der Waals surface area contributed by atoms with Gasteiger partial charge < -0.3 is 5.32 Å². The minimum Gasteiger partial charge on any atom is -0.313 e. The molecule has 1 heterocycles. The second-order valence-corrected chi connectivity index (χ2v) is 7.27. The predicted octanol–water partition coefficient (Wildman–Crippen LogP) is 4.73. The fourth-order valence-corrected chi connectivity index (χ4v) is 4.59. The van der Waals surface area contributed by atoms with Crippen LogP contribution in [0.15, 0.2) is 30.3 Å². The van der Waals surface area contributed by atoms with Crippen molar-refractivity contribution in [3.8, 4) is 0 Å². The Morgan fingerprint density at radius 2 is 1.84 bits per heavy atom. The SMILES string of the molecule is CNC(c1cc(Cl)sc1Cl)C1Cc2ccccc2C1. The zero-order valence-corrected chi connectivity index (χ0v) is 12.9. The van der Waals surface area contributed by atoms with Crippen LogP contribution >= 0.6 is 34.5 Å². The van der Waals surface area contributed by atoms with Crippen molar-refractivity contribution >= 4 is 34.5 Å². The fraction of sp³-hybridized carbons (Fsp3) is 0.333. The first kappa shape index (κ1) is 13.4. The zero-order valence-electron chi connectivity index (χ0n) is 10.6. The number of rotatable bonds is 3. The topological polar surface area (TPSA) is 12.0 Å². The molecule has 1 aliphatic carbocycles. The van der Waals surface area contributed by atoms with Gasteiger partial charge in [0, 0.05) is 11.6 Å². The zero-order chi connectivity index (χ0) is 13.4. The van der Waals surface area contributed by atoms with Crippen LogP contribution in [-0.4, -0.2) is 7.05 Å². The van der Waals surface area contributed by atoms with Gasteiger partial charge in [-0.15, -0.1) is 11.3 Å². The van der Waals surface area contributed by atoms with E-state index < -0.39 is 0 Å². The van der Waals surface area contributed by atoms with Crippen molar-refractivity contribution in [2.24, 2.45) is 5.92 Å². The quantitative estimate of drug-likeness (QED) is 0.864. The third-order valence-corrected chi connectivity index (χ3v) is 5.40. The molecule has 1 aromatic carbocycles. The molecule has 0 aliphatic heterocycles. The van der Waals surface area contributed by atoms with Gasteiger partial charge in [0.25, 0.3) is 0 Å². The van der Waals surface area contributed by atoms with Crippen molar-refractivity contribution in [1.82, 2.24) is 5.32 Å². The molecule has 0 saturated carbocycles. The molecule has 4 heteroatoms. The summed E-state index contributed by atoms with van der Waals surface area (Å²) in [4.78, 5) is 0. The Morgan fingerprint density at radius 3 is 2.32 bits per heavy atom. The minimum atomic E-state index is 0.267. The van der Waals surface area contributed by atoms with Gasteiger partial charge in [-0.25, -0.2) is 0 Å². The summed E-state index contributed by atoms with van der Waals surface area (Å²) < 4.78 is 1.57. The number of nitrogens with one attached hydrogen (secondary N) is 1. The summed E-state index contributed by atoms with van der Waals surface area (Å²) in [7, 11) is 2.00. The number of thiophene rings is 1. The normalized spacial score (nSPS) is 16.6. The van der Waals surface area contributed by atoms with E-state index in [1.807, 2.05) is 13.1 Å². The van der Waals surface area contributed by atoms with E-state index in [1.165, 1.54) is 22.5 Å². The standard InChI is InChI=1S/C15H15Cl2NS/c1-18-14(12-8-13(16)19-15(12)17)11-6-9-4-2-3-5-10(9)7-11/h2-5,8,11,14,18H,6-7H2,1H3. The lowest BCUT2D eigenvalue weighted by Gasteiger charge is -2.22. The summed E-state index contributed by atoms with van der Waals surface area (Å²) in [5.41, 5.74) is 4.06. The van der Waals surface area contributed by atoms with Crippen LogP contribution in [0, 0.1) is 5.92 Å². The van der Waals surface area contributed by atoms with Crippen molar-refractivity contribution in [2.75, 3.05) is 7.05 Å². The third kappa shape index (κ3) is 2.55. The van der Waals surface area contributed by atoms with Crippen molar-refractivity contribution in [3.63, 3.8) is 0 Å². The third-order valence-electron chi connectivity index (χ3n) is 3.88. The molecule has 2 aromatic rings. The molecule has 0 radical (unpaired) electrons. The molecule has 0 saturated heterocycles. The van der Waals surface area contributed by atoms with Crippen LogP contribution in [0.1, 0.15) is 22.7 Å². The summed E-state index contributed by atoms with van der Waals surface area (Å²) in [5.74, 6) is 0.547. The van der Waals surface area contributed by atoms with Crippen LogP contribution in [0.4, 0.5) is 0 Å². The molecule has 1 atom stereocenters. The Kier molecular flexibility index (Phi) is 3.86. The van der Waals surface area contributed by atoms with E-state index in [2.05, 4.69) is 29.6 Å². The highest BCUT2D eigenvalue weighted by atomic mass is 35.5. The lowest BCUT2D eigenvalue weighted by atomic mass is 9.92. The van der Waals surface area contributed by atoms with Crippen LogP contribution < -0.4 is 5.32 Å². The van der Waals surface area contributed by atoms with E-state index in [9.17, 15) is 0 Å². The summed E-state index contributed by atoms with van der Waals surface area (Å²) in [5, 5.41) is 3.41. The summed E-state index contributed by atoms with van der Waals surface area (Å²) in [6.07, 6.45) is 2.21. The number of halogens is 2. The molecule has 0 bridgehead atoms. The molecule has 1 N–H and O–H groups in total. The Hall–Kier alpha value is -0.540. The lowest BCUT2D eigenvalue weighted by Crippen LogP contribution is -2.25. The molecular formula is C15H15Cl2NS. The monoisotopic (exact) mass is 311 g/mol. The average molecular weight is 312 g/mol. The van der Waals surface area contributed by atoms with Gasteiger partial charge in [-0.1, -0.05) is 47.5 Å². The van der Waals surface area contributed by atoms with Crippen LogP contribution in [0.25, 0.3) is 0 Å². The van der Waals surface area contributed by atoms with Gasteiger partial charge >= 0.3 is 0 Å². The van der Waals surface area contributed by atoms with Crippen LogP contribution in [0.2, 0.25) is 8.67 Å².